The van der Waals surface area contributed by atoms with Crippen LogP contribution in [0.5, 0.6) is 0 Å². The largest absolute Gasteiger partial charge is 0.384 e. The highest BCUT2D eigenvalue weighted by Gasteiger charge is 2.12. The van der Waals surface area contributed by atoms with Gasteiger partial charge in [-0.2, -0.15) is 0 Å². The number of pyridine rings is 1. The first-order valence-electron chi connectivity index (χ1n) is 5.52. The lowest BCUT2D eigenvalue weighted by molar-refractivity contribution is -0.125. The lowest BCUT2D eigenvalue weighted by Crippen LogP contribution is -2.44. The summed E-state index contributed by atoms with van der Waals surface area (Å²) in [6, 6.07) is 5.14. The van der Waals surface area contributed by atoms with E-state index in [4.69, 9.17) is 11.5 Å². The number of aromatic nitrogens is 1. The summed E-state index contributed by atoms with van der Waals surface area (Å²) >= 11 is 0. The Labute approximate surface area is 105 Å². The molecule has 1 fully saturated rings. The monoisotopic (exact) mass is 251 g/mol. The average Bonchev–Trinajstić information content (AvgIpc) is 2.39. The minimum absolute atomic E-state index is 0.463. The summed E-state index contributed by atoms with van der Waals surface area (Å²) in [7, 11) is 0. The molecule has 0 bridgehead atoms. The van der Waals surface area contributed by atoms with Crippen molar-refractivity contribution in [3.05, 3.63) is 18.2 Å². The van der Waals surface area contributed by atoms with E-state index in [0.717, 1.165) is 12.8 Å². The summed E-state index contributed by atoms with van der Waals surface area (Å²) < 4.78 is 0. The molecule has 1 aliphatic heterocycles. The maximum atomic E-state index is 10.2. The number of piperazine rings is 1. The summed E-state index contributed by atoms with van der Waals surface area (Å²) in [6.07, 6.45) is 1.64. The summed E-state index contributed by atoms with van der Waals surface area (Å²) in [5.41, 5.74) is 10.5. The Bertz CT molecular complexity index is 358. The summed E-state index contributed by atoms with van der Waals surface area (Å²) in [6.45, 7) is 2.68. The van der Waals surface area contributed by atoms with E-state index in [1.54, 1.807) is 28.0 Å². The van der Waals surface area contributed by atoms with Crippen LogP contribution < -0.4 is 11.5 Å². The normalized spacial score (nSPS) is 14.4. The number of rotatable bonds is 2. The molecule has 1 saturated heterocycles. The van der Waals surface area contributed by atoms with Crippen LogP contribution in [-0.4, -0.2) is 53.8 Å². The quantitative estimate of drug-likeness (QED) is 0.667. The predicted molar refractivity (Wildman–Crippen MR) is 68.3 cm³/mol. The van der Waals surface area contributed by atoms with Crippen LogP contribution in [0.25, 0.3) is 0 Å². The molecule has 0 spiro atoms. The fourth-order valence-electron chi connectivity index (χ4n) is 1.42. The molecule has 0 aromatic carbocycles. The fourth-order valence-corrected chi connectivity index (χ4v) is 1.42. The van der Waals surface area contributed by atoms with Crippen LogP contribution in [0.2, 0.25) is 0 Å². The second kappa shape index (κ2) is 7.10. The van der Waals surface area contributed by atoms with E-state index in [0.29, 0.717) is 37.8 Å². The maximum absolute atomic E-state index is 10.2. The number of nitrogens with zero attached hydrogens (tertiary/aromatic N) is 3. The zero-order chi connectivity index (χ0) is 13.4. The summed E-state index contributed by atoms with van der Waals surface area (Å²) in [5, 5.41) is 0. The molecule has 0 atom stereocenters. The van der Waals surface area contributed by atoms with Crippen LogP contribution in [0.4, 0.5) is 11.6 Å². The van der Waals surface area contributed by atoms with Crippen molar-refractivity contribution in [2.24, 2.45) is 0 Å². The Morgan fingerprint density at radius 3 is 1.56 bits per heavy atom. The van der Waals surface area contributed by atoms with E-state index in [1.807, 2.05) is 0 Å². The van der Waals surface area contributed by atoms with Gasteiger partial charge in [-0.05, 0) is 12.1 Å². The maximum Gasteiger partial charge on any atom is 0.209 e. The third-order valence-corrected chi connectivity index (χ3v) is 2.44. The molecule has 7 nitrogen and oxygen atoms in total. The lowest BCUT2D eigenvalue weighted by Gasteiger charge is -2.29. The fraction of sp³-hybridized carbons (Fsp3) is 0.364. The Balaban J connectivity index is 0.000000184. The van der Waals surface area contributed by atoms with E-state index >= 15 is 0 Å². The number of carbonyl (C=O) groups is 2. The highest BCUT2D eigenvalue weighted by atomic mass is 16.1. The molecule has 98 valence electrons. The van der Waals surface area contributed by atoms with Crippen molar-refractivity contribution in [1.82, 2.24) is 14.8 Å². The molecule has 0 radical (unpaired) electrons. The smallest absolute Gasteiger partial charge is 0.209 e. The number of hydrogen-bond acceptors (Lipinski definition) is 5. The van der Waals surface area contributed by atoms with Gasteiger partial charge in [-0.3, -0.25) is 9.59 Å². The zero-order valence-electron chi connectivity index (χ0n) is 10.0. The van der Waals surface area contributed by atoms with Crippen molar-refractivity contribution >= 4 is 24.5 Å². The molecule has 1 aromatic heterocycles. The van der Waals surface area contributed by atoms with Crippen LogP contribution in [0.15, 0.2) is 18.2 Å². The molecule has 0 aliphatic carbocycles. The first-order chi connectivity index (χ1) is 8.65. The minimum atomic E-state index is 0.463. The highest BCUT2D eigenvalue weighted by Crippen LogP contribution is 1.99. The SMILES string of the molecule is Nc1cccc(N)n1.O=CN1CCN(C=O)CC1. The third-order valence-electron chi connectivity index (χ3n) is 2.44. The number of nitrogens with two attached hydrogens (primary N) is 2. The molecule has 18 heavy (non-hydrogen) atoms. The number of anilines is 2. The molecular formula is C11H17N5O2. The lowest BCUT2D eigenvalue weighted by atomic mass is 10.4. The zero-order valence-corrected chi connectivity index (χ0v) is 10.0. The summed E-state index contributed by atoms with van der Waals surface area (Å²) in [5.74, 6) is 0.926. The van der Waals surface area contributed by atoms with Crippen molar-refractivity contribution in [2.45, 2.75) is 0 Å². The molecule has 0 saturated carbocycles. The first kappa shape index (κ1) is 13.8. The second-order valence-corrected chi connectivity index (χ2v) is 3.77. The Kier molecular flexibility index (Phi) is 5.43. The van der Waals surface area contributed by atoms with Gasteiger partial charge >= 0.3 is 0 Å². The van der Waals surface area contributed by atoms with Gasteiger partial charge in [0.05, 0.1) is 0 Å². The standard InChI is InChI=1S/C6H10N2O2.C5H7N3/c9-5-7-1-2-8(6-10)4-3-7;6-4-2-1-3-5(7)8-4/h5-6H,1-4H2;1-3H,(H4,6,7,8). The highest BCUT2D eigenvalue weighted by molar-refractivity contribution is 5.50. The van der Waals surface area contributed by atoms with Crippen molar-refractivity contribution in [1.29, 1.82) is 0 Å². The van der Waals surface area contributed by atoms with E-state index in [-0.39, 0.29) is 0 Å². The average molecular weight is 251 g/mol. The van der Waals surface area contributed by atoms with Gasteiger partial charge in [0.25, 0.3) is 0 Å². The van der Waals surface area contributed by atoms with Gasteiger partial charge in [0.1, 0.15) is 11.6 Å². The van der Waals surface area contributed by atoms with Gasteiger partial charge in [-0.1, -0.05) is 6.07 Å². The van der Waals surface area contributed by atoms with Gasteiger partial charge in [0, 0.05) is 26.2 Å². The number of hydrogen-bond donors (Lipinski definition) is 2. The summed E-state index contributed by atoms with van der Waals surface area (Å²) in [4.78, 5) is 27.4. The van der Waals surface area contributed by atoms with E-state index in [9.17, 15) is 9.59 Å². The van der Waals surface area contributed by atoms with Crippen LogP contribution in [0.1, 0.15) is 0 Å². The van der Waals surface area contributed by atoms with Gasteiger partial charge < -0.3 is 21.3 Å². The molecule has 1 aliphatic rings. The van der Waals surface area contributed by atoms with E-state index < -0.39 is 0 Å². The van der Waals surface area contributed by atoms with Crippen LogP contribution in [0, 0.1) is 0 Å². The number of nitrogen functional groups attached to an aromatic ring is 2. The molecule has 0 unspecified atom stereocenters. The molecule has 1 aromatic rings. The van der Waals surface area contributed by atoms with Crippen molar-refractivity contribution < 1.29 is 9.59 Å². The molecule has 4 N–H and O–H groups in total. The molecular weight excluding hydrogens is 234 g/mol. The van der Waals surface area contributed by atoms with E-state index in [1.165, 1.54) is 0 Å². The molecule has 2 amide bonds. The van der Waals surface area contributed by atoms with Crippen LogP contribution >= 0.6 is 0 Å². The third kappa shape index (κ3) is 4.69. The first-order valence-corrected chi connectivity index (χ1v) is 5.52. The Morgan fingerprint density at radius 2 is 1.33 bits per heavy atom. The van der Waals surface area contributed by atoms with E-state index in [2.05, 4.69) is 4.98 Å². The number of carbonyl (C=O) groups excluding carboxylic acids is 2. The second-order valence-electron chi connectivity index (χ2n) is 3.77. The topological polar surface area (TPSA) is 106 Å². The van der Waals surface area contributed by atoms with Gasteiger partial charge in [-0.25, -0.2) is 4.98 Å². The molecule has 2 heterocycles. The molecule has 7 heteroatoms. The van der Waals surface area contributed by atoms with Gasteiger partial charge in [0.2, 0.25) is 12.8 Å². The Morgan fingerprint density at radius 1 is 0.944 bits per heavy atom. The Hall–Kier alpha value is -2.31. The predicted octanol–water partition coefficient (Wildman–Crippen LogP) is -0.837. The van der Waals surface area contributed by atoms with Crippen LogP contribution in [-0.2, 0) is 9.59 Å². The molecule has 2 rings (SSSR count). The van der Waals surface area contributed by atoms with Crippen LogP contribution in [0.3, 0.4) is 0 Å². The minimum Gasteiger partial charge on any atom is -0.384 e. The van der Waals surface area contributed by atoms with Crippen molar-refractivity contribution in [3.8, 4) is 0 Å². The number of amides is 2. The van der Waals surface area contributed by atoms with Crippen molar-refractivity contribution in [3.63, 3.8) is 0 Å². The van der Waals surface area contributed by atoms with Gasteiger partial charge in [-0.15, -0.1) is 0 Å². The van der Waals surface area contributed by atoms with Gasteiger partial charge in [0.15, 0.2) is 0 Å². The van der Waals surface area contributed by atoms with Crippen molar-refractivity contribution in [2.75, 3.05) is 37.6 Å².